The minimum Gasteiger partial charge on any atom is -0.507 e. The molecule has 12 heavy (non-hydrogen) atoms. The molecule has 0 spiro atoms. The van der Waals surface area contributed by atoms with Gasteiger partial charge in [-0.05, 0) is 18.2 Å². The number of halogens is 2. The number of aromatic hydroxyl groups is 1. The van der Waals surface area contributed by atoms with Crippen LogP contribution in [-0.2, 0) is 0 Å². The van der Waals surface area contributed by atoms with Crippen molar-refractivity contribution in [3.8, 4) is 17.6 Å². The lowest BCUT2D eigenvalue weighted by Gasteiger charge is -1.95. The van der Waals surface area contributed by atoms with Crippen LogP contribution in [0.5, 0.6) is 5.75 Å². The fourth-order valence-electron chi connectivity index (χ4n) is 0.739. The van der Waals surface area contributed by atoms with Gasteiger partial charge < -0.3 is 5.11 Å². The fourth-order valence-corrected chi connectivity index (χ4v) is 1.15. The molecule has 0 aliphatic heterocycles. The first-order valence-corrected chi connectivity index (χ1v) is 4.60. The quantitative estimate of drug-likeness (QED) is 0.550. The molecule has 0 aliphatic carbocycles. The summed E-state index contributed by atoms with van der Waals surface area (Å²) in [4.78, 5) is 0. The Labute approximate surface area is 84.5 Å². The Balaban J connectivity index is 3.01. The maximum Gasteiger partial charge on any atom is 0.132 e. The molecule has 0 amide bonds. The lowest BCUT2D eigenvalue weighted by atomic mass is 10.2. The molecular formula is C9H6BrClO. The topological polar surface area (TPSA) is 20.2 Å². The van der Waals surface area contributed by atoms with E-state index in [0.717, 1.165) is 4.47 Å². The number of phenolic OH excluding ortho intramolecular Hbond substituents is 1. The van der Waals surface area contributed by atoms with Crippen LogP contribution in [0.2, 0.25) is 0 Å². The van der Waals surface area contributed by atoms with Crippen molar-refractivity contribution in [2.45, 2.75) is 0 Å². The first-order valence-electron chi connectivity index (χ1n) is 3.27. The number of hydrogen-bond donors (Lipinski definition) is 1. The van der Waals surface area contributed by atoms with Gasteiger partial charge in [0.1, 0.15) is 5.75 Å². The van der Waals surface area contributed by atoms with Gasteiger partial charge in [0.15, 0.2) is 0 Å². The van der Waals surface area contributed by atoms with Gasteiger partial charge >= 0.3 is 0 Å². The predicted octanol–water partition coefficient (Wildman–Crippen LogP) is 2.75. The molecule has 0 aromatic heterocycles. The number of phenols is 1. The highest BCUT2D eigenvalue weighted by atomic mass is 79.9. The van der Waals surface area contributed by atoms with Crippen molar-refractivity contribution in [3.63, 3.8) is 0 Å². The van der Waals surface area contributed by atoms with E-state index in [2.05, 4.69) is 27.8 Å². The molecule has 0 aliphatic rings. The first-order chi connectivity index (χ1) is 5.74. The third-order valence-corrected chi connectivity index (χ3v) is 1.88. The van der Waals surface area contributed by atoms with Crippen LogP contribution in [0.25, 0.3) is 0 Å². The third kappa shape index (κ3) is 2.44. The van der Waals surface area contributed by atoms with E-state index in [1.54, 1.807) is 12.1 Å². The predicted molar refractivity (Wildman–Crippen MR) is 53.4 cm³/mol. The second-order valence-corrected chi connectivity index (χ2v) is 3.28. The van der Waals surface area contributed by atoms with Crippen LogP contribution in [0.4, 0.5) is 0 Å². The molecule has 62 valence electrons. The van der Waals surface area contributed by atoms with Crippen LogP contribution in [0.15, 0.2) is 22.7 Å². The van der Waals surface area contributed by atoms with Crippen molar-refractivity contribution >= 4 is 27.5 Å². The monoisotopic (exact) mass is 244 g/mol. The minimum atomic E-state index is 0.169. The van der Waals surface area contributed by atoms with Crippen molar-refractivity contribution in [1.29, 1.82) is 0 Å². The Bertz CT molecular complexity index is 338. The molecule has 1 nitrogen and oxygen atoms in total. The highest BCUT2D eigenvalue weighted by Crippen LogP contribution is 2.21. The van der Waals surface area contributed by atoms with Gasteiger partial charge in [0.05, 0.1) is 11.4 Å². The lowest BCUT2D eigenvalue weighted by Crippen LogP contribution is -1.76. The Morgan fingerprint density at radius 1 is 1.50 bits per heavy atom. The zero-order chi connectivity index (χ0) is 8.97. The molecule has 1 N–H and O–H groups in total. The van der Waals surface area contributed by atoms with E-state index in [9.17, 15) is 5.11 Å². The van der Waals surface area contributed by atoms with E-state index in [-0.39, 0.29) is 11.6 Å². The molecule has 0 unspecified atom stereocenters. The van der Waals surface area contributed by atoms with E-state index in [0.29, 0.717) is 5.56 Å². The number of alkyl halides is 1. The van der Waals surface area contributed by atoms with E-state index in [4.69, 9.17) is 11.6 Å². The Kier molecular flexibility index (Phi) is 3.46. The van der Waals surface area contributed by atoms with Gasteiger partial charge in [-0.15, -0.1) is 11.6 Å². The van der Waals surface area contributed by atoms with Crippen LogP contribution in [0.3, 0.4) is 0 Å². The summed E-state index contributed by atoms with van der Waals surface area (Å²) in [6.07, 6.45) is 0. The van der Waals surface area contributed by atoms with Crippen molar-refractivity contribution < 1.29 is 5.11 Å². The van der Waals surface area contributed by atoms with Crippen LogP contribution >= 0.6 is 27.5 Å². The molecule has 0 saturated carbocycles. The lowest BCUT2D eigenvalue weighted by molar-refractivity contribution is 0.473. The molecule has 3 heteroatoms. The average Bonchev–Trinajstić information content (AvgIpc) is 2.03. The van der Waals surface area contributed by atoms with Crippen molar-refractivity contribution in [2.75, 3.05) is 5.88 Å². The number of rotatable bonds is 0. The smallest absolute Gasteiger partial charge is 0.132 e. The summed E-state index contributed by atoms with van der Waals surface area (Å²) < 4.78 is 0.830. The Morgan fingerprint density at radius 2 is 2.25 bits per heavy atom. The van der Waals surface area contributed by atoms with Crippen molar-refractivity contribution in [3.05, 3.63) is 28.2 Å². The fraction of sp³-hybridized carbons (Fsp3) is 0.111. The van der Waals surface area contributed by atoms with E-state index < -0.39 is 0 Å². The highest BCUT2D eigenvalue weighted by Gasteiger charge is 1.96. The van der Waals surface area contributed by atoms with Crippen LogP contribution < -0.4 is 0 Å². The standard InChI is InChI=1S/C9H6BrClO/c10-8-4-3-7(2-1-5-11)9(12)6-8/h3-4,6,12H,5H2. The number of hydrogen-bond acceptors (Lipinski definition) is 1. The zero-order valence-corrected chi connectivity index (χ0v) is 8.48. The molecule has 0 radical (unpaired) electrons. The summed E-state index contributed by atoms with van der Waals surface area (Å²) in [5.74, 6) is 5.84. The molecule has 1 aromatic rings. The van der Waals surface area contributed by atoms with Crippen LogP contribution in [0, 0.1) is 11.8 Å². The zero-order valence-electron chi connectivity index (χ0n) is 6.14. The Hall–Kier alpha value is -0.650. The third-order valence-electron chi connectivity index (χ3n) is 1.25. The maximum absolute atomic E-state index is 9.34. The van der Waals surface area contributed by atoms with Gasteiger partial charge in [0.25, 0.3) is 0 Å². The molecule has 0 saturated heterocycles. The molecule has 1 aromatic carbocycles. The molecule has 1 rings (SSSR count). The van der Waals surface area contributed by atoms with Gasteiger partial charge in [-0.2, -0.15) is 0 Å². The molecule has 0 heterocycles. The summed E-state index contributed by atoms with van der Waals surface area (Å²) >= 11 is 8.60. The molecule has 0 fully saturated rings. The van der Waals surface area contributed by atoms with Gasteiger partial charge in [0, 0.05) is 4.47 Å². The summed E-state index contributed by atoms with van der Waals surface area (Å²) in [5.41, 5.74) is 0.596. The summed E-state index contributed by atoms with van der Waals surface area (Å²) in [5, 5.41) is 9.34. The summed E-state index contributed by atoms with van der Waals surface area (Å²) in [6.45, 7) is 0. The first kappa shape index (κ1) is 9.44. The summed E-state index contributed by atoms with van der Waals surface area (Å²) in [6, 6.07) is 5.15. The average molecular weight is 246 g/mol. The second-order valence-electron chi connectivity index (χ2n) is 2.10. The maximum atomic E-state index is 9.34. The van der Waals surface area contributed by atoms with Gasteiger partial charge in [0.2, 0.25) is 0 Å². The highest BCUT2D eigenvalue weighted by molar-refractivity contribution is 9.10. The minimum absolute atomic E-state index is 0.169. The van der Waals surface area contributed by atoms with E-state index in [1.165, 1.54) is 0 Å². The Morgan fingerprint density at radius 3 is 2.83 bits per heavy atom. The van der Waals surface area contributed by atoms with E-state index in [1.807, 2.05) is 6.07 Å². The SMILES string of the molecule is Oc1cc(Br)ccc1C#CCCl. The normalized spacial score (nSPS) is 8.83. The van der Waals surface area contributed by atoms with E-state index >= 15 is 0 Å². The molecule has 0 atom stereocenters. The van der Waals surface area contributed by atoms with Crippen molar-refractivity contribution in [1.82, 2.24) is 0 Å². The van der Waals surface area contributed by atoms with Crippen LogP contribution in [-0.4, -0.2) is 11.0 Å². The second kappa shape index (κ2) is 4.39. The van der Waals surface area contributed by atoms with Gasteiger partial charge in [-0.1, -0.05) is 27.8 Å². The van der Waals surface area contributed by atoms with Crippen LogP contribution in [0.1, 0.15) is 5.56 Å². The summed E-state index contributed by atoms with van der Waals surface area (Å²) in [7, 11) is 0. The van der Waals surface area contributed by atoms with Crippen molar-refractivity contribution in [2.24, 2.45) is 0 Å². The largest absolute Gasteiger partial charge is 0.507 e. The number of benzene rings is 1. The van der Waals surface area contributed by atoms with Gasteiger partial charge in [-0.25, -0.2) is 0 Å². The van der Waals surface area contributed by atoms with Gasteiger partial charge in [-0.3, -0.25) is 0 Å². The molecular weight excluding hydrogens is 239 g/mol. The molecule has 0 bridgehead atoms.